The van der Waals surface area contributed by atoms with Crippen LogP contribution in [0.3, 0.4) is 0 Å². The Bertz CT molecular complexity index is 709. The number of rotatable bonds is 5. The molecule has 2 rings (SSSR count). The molecule has 2 aromatic rings. The van der Waals surface area contributed by atoms with E-state index in [-0.39, 0.29) is 17.9 Å². The van der Waals surface area contributed by atoms with E-state index in [9.17, 15) is 19.7 Å². The molecule has 0 aliphatic carbocycles. The zero-order valence-electron chi connectivity index (χ0n) is 11.4. The fraction of sp³-hybridized carbons (Fsp3) is 0.167. The van der Waals surface area contributed by atoms with E-state index in [2.05, 4.69) is 20.4 Å². The molecule has 0 fully saturated rings. The zero-order valence-corrected chi connectivity index (χ0v) is 11.4. The first-order valence-corrected chi connectivity index (χ1v) is 6.02. The SMILES string of the molecule is COC(=O)c1cn(CC(=O)Nc2ccc([N+](=O)[O-])cc2)nn1. The second kappa shape index (κ2) is 6.43. The second-order valence-corrected chi connectivity index (χ2v) is 4.15. The number of hydrogen-bond acceptors (Lipinski definition) is 7. The number of anilines is 1. The number of aromatic nitrogens is 3. The smallest absolute Gasteiger partial charge is 0.360 e. The Labute approximate surface area is 123 Å². The lowest BCUT2D eigenvalue weighted by atomic mass is 10.3. The first kappa shape index (κ1) is 15.1. The minimum atomic E-state index is -0.651. The van der Waals surface area contributed by atoms with Crippen molar-refractivity contribution in [1.29, 1.82) is 0 Å². The van der Waals surface area contributed by atoms with Gasteiger partial charge in [0.2, 0.25) is 5.91 Å². The molecule has 0 bridgehead atoms. The molecule has 1 aromatic carbocycles. The van der Waals surface area contributed by atoms with Crippen LogP contribution >= 0.6 is 0 Å². The van der Waals surface area contributed by atoms with Crippen molar-refractivity contribution in [2.24, 2.45) is 0 Å². The second-order valence-electron chi connectivity index (χ2n) is 4.15. The topological polar surface area (TPSA) is 129 Å². The fourth-order valence-corrected chi connectivity index (χ4v) is 1.59. The van der Waals surface area contributed by atoms with E-state index in [0.29, 0.717) is 5.69 Å². The molecule has 0 spiro atoms. The Morgan fingerprint density at radius 1 is 1.36 bits per heavy atom. The number of nitrogens with zero attached hydrogens (tertiary/aromatic N) is 4. The monoisotopic (exact) mass is 305 g/mol. The zero-order chi connectivity index (χ0) is 16.1. The van der Waals surface area contributed by atoms with Crippen LogP contribution in [-0.4, -0.2) is 38.9 Å². The molecule has 0 saturated heterocycles. The highest BCUT2D eigenvalue weighted by atomic mass is 16.6. The summed E-state index contributed by atoms with van der Waals surface area (Å²) in [5.74, 6) is -1.07. The van der Waals surface area contributed by atoms with Gasteiger partial charge in [0.05, 0.1) is 18.2 Å². The van der Waals surface area contributed by atoms with E-state index in [4.69, 9.17) is 0 Å². The lowest BCUT2D eigenvalue weighted by Crippen LogP contribution is -2.19. The number of amides is 1. The molecule has 0 saturated carbocycles. The van der Waals surface area contributed by atoms with Crippen LogP contribution in [0.1, 0.15) is 10.5 Å². The summed E-state index contributed by atoms with van der Waals surface area (Å²) in [5.41, 5.74) is 0.325. The molecule has 0 radical (unpaired) electrons. The summed E-state index contributed by atoms with van der Waals surface area (Å²) in [6.07, 6.45) is 1.28. The molecule has 10 heteroatoms. The van der Waals surface area contributed by atoms with Crippen molar-refractivity contribution in [3.05, 3.63) is 46.3 Å². The number of methoxy groups -OCH3 is 1. The first-order chi connectivity index (χ1) is 10.5. The van der Waals surface area contributed by atoms with Gasteiger partial charge in [0.25, 0.3) is 5.69 Å². The maximum Gasteiger partial charge on any atom is 0.360 e. The Balaban J connectivity index is 1.96. The van der Waals surface area contributed by atoms with E-state index in [1.54, 1.807) is 0 Å². The number of carbonyl (C=O) groups is 2. The average Bonchev–Trinajstić information content (AvgIpc) is 2.95. The van der Waals surface area contributed by atoms with Crippen LogP contribution in [0.2, 0.25) is 0 Å². The summed E-state index contributed by atoms with van der Waals surface area (Å²) >= 11 is 0. The van der Waals surface area contributed by atoms with Crippen molar-refractivity contribution < 1.29 is 19.2 Å². The molecule has 10 nitrogen and oxygen atoms in total. The fourth-order valence-electron chi connectivity index (χ4n) is 1.59. The number of nitro groups is 1. The van der Waals surface area contributed by atoms with Crippen molar-refractivity contribution in [2.75, 3.05) is 12.4 Å². The maximum atomic E-state index is 11.8. The summed E-state index contributed by atoms with van der Waals surface area (Å²) in [5, 5.41) is 20.2. The molecule has 0 aliphatic rings. The van der Waals surface area contributed by atoms with Crippen LogP contribution in [0, 0.1) is 10.1 Å². The molecule has 1 heterocycles. The lowest BCUT2D eigenvalue weighted by molar-refractivity contribution is -0.384. The Hall–Kier alpha value is -3.30. The van der Waals surface area contributed by atoms with Gasteiger partial charge in [0, 0.05) is 17.8 Å². The number of ether oxygens (including phenoxy) is 1. The Kier molecular flexibility index (Phi) is 4.41. The minimum absolute atomic E-state index is 0.00867. The van der Waals surface area contributed by atoms with Crippen LogP contribution < -0.4 is 5.32 Å². The largest absolute Gasteiger partial charge is 0.464 e. The van der Waals surface area contributed by atoms with Gasteiger partial charge in [-0.05, 0) is 12.1 Å². The quantitative estimate of drug-likeness (QED) is 0.486. The third-order valence-electron chi connectivity index (χ3n) is 2.60. The highest BCUT2D eigenvalue weighted by Crippen LogP contribution is 2.15. The molecular formula is C12H11N5O5. The number of hydrogen-bond donors (Lipinski definition) is 1. The summed E-state index contributed by atoms with van der Waals surface area (Å²) in [6, 6.07) is 5.38. The number of carbonyl (C=O) groups excluding carboxylic acids is 2. The number of benzene rings is 1. The van der Waals surface area contributed by atoms with Crippen molar-refractivity contribution >= 4 is 23.3 Å². The molecular weight excluding hydrogens is 294 g/mol. The molecule has 1 aromatic heterocycles. The third-order valence-corrected chi connectivity index (χ3v) is 2.60. The summed E-state index contributed by atoms with van der Waals surface area (Å²) in [4.78, 5) is 33.0. The van der Waals surface area contributed by atoms with E-state index in [0.717, 1.165) is 0 Å². The highest BCUT2D eigenvalue weighted by Gasteiger charge is 2.12. The molecule has 0 unspecified atom stereocenters. The van der Waals surface area contributed by atoms with E-state index >= 15 is 0 Å². The number of esters is 1. The summed E-state index contributed by atoms with van der Waals surface area (Å²) in [6.45, 7) is -0.166. The van der Waals surface area contributed by atoms with Gasteiger partial charge in [-0.25, -0.2) is 9.48 Å². The van der Waals surface area contributed by atoms with Crippen molar-refractivity contribution in [2.45, 2.75) is 6.54 Å². The summed E-state index contributed by atoms with van der Waals surface area (Å²) in [7, 11) is 1.21. The minimum Gasteiger partial charge on any atom is -0.464 e. The van der Waals surface area contributed by atoms with E-state index in [1.807, 2.05) is 0 Å². The lowest BCUT2D eigenvalue weighted by Gasteiger charge is -2.04. The van der Waals surface area contributed by atoms with Gasteiger partial charge in [-0.3, -0.25) is 14.9 Å². The van der Waals surface area contributed by atoms with Gasteiger partial charge in [-0.2, -0.15) is 0 Å². The average molecular weight is 305 g/mol. The van der Waals surface area contributed by atoms with Crippen molar-refractivity contribution in [3.8, 4) is 0 Å². The normalized spacial score (nSPS) is 10.0. The van der Waals surface area contributed by atoms with Crippen molar-refractivity contribution in [1.82, 2.24) is 15.0 Å². The number of nitro benzene ring substituents is 1. The molecule has 1 N–H and O–H groups in total. The van der Waals surface area contributed by atoms with Crippen LogP contribution in [0.25, 0.3) is 0 Å². The van der Waals surface area contributed by atoms with Crippen LogP contribution in [-0.2, 0) is 16.1 Å². The molecule has 114 valence electrons. The van der Waals surface area contributed by atoms with Gasteiger partial charge in [-0.1, -0.05) is 5.21 Å². The predicted molar refractivity (Wildman–Crippen MR) is 73.1 cm³/mol. The Morgan fingerprint density at radius 2 is 2.05 bits per heavy atom. The van der Waals surface area contributed by atoms with Gasteiger partial charge < -0.3 is 10.1 Å². The van der Waals surface area contributed by atoms with Crippen LogP contribution in [0.5, 0.6) is 0 Å². The van der Waals surface area contributed by atoms with E-state index in [1.165, 1.54) is 42.3 Å². The third kappa shape index (κ3) is 3.62. The molecule has 0 atom stereocenters. The van der Waals surface area contributed by atoms with Crippen LogP contribution in [0.15, 0.2) is 30.5 Å². The summed E-state index contributed by atoms with van der Waals surface area (Å²) < 4.78 is 5.64. The van der Waals surface area contributed by atoms with E-state index < -0.39 is 16.8 Å². The molecule has 1 amide bonds. The van der Waals surface area contributed by atoms with Gasteiger partial charge in [0.15, 0.2) is 5.69 Å². The van der Waals surface area contributed by atoms with Gasteiger partial charge in [0.1, 0.15) is 6.54 Å². The van der Waals surface area contributed by atoms with Crippen molar-refractivity contribution in [3.63, 3.8) is 0 Å². The van der Waals surface area contributed by atoms with Gasteiger partial charge >= 0.3 is 5.97 Å². The standard InChI is InChI=1S/C12H11N5O5/c1-22-12(19)10-6-16(15-14-10)7-11(18)13-8-2-4-9(5-3-8)17(20)21/h2-6H,7H2,1H3,(H,13,18). The number of non-ortho nitro benzene ring substituents is 1. The highest BCUT2D eigenvalue weighted by molar-refractivity contribution is 5.91. The Morgan fingerprint density at radius 3 is 2.64 bits per heavy atom. The van der Waals surface area contributed by atoms with Gasteiger partial charge in [-0.15, -0.1) is 5.10 Å². The number of nitrogens with one attached hydrogen (secondary N) is 1. The first-order valence-electron chi connectivity index (χ1n) is 6.02. The molecule has 22 heavy (non-hydrogen) atoms. The predicted octanol–water partition coefficient (Wildman–Crippen LogP) is 0.612. The van der Waals surface area contributed by atoms with Crippen LogP contribution in [0.4, 0.5) is 11.4 Å². The molecule has 0 aliphatic heterocycles. The maximum absolute atomic E-state index is 11.8.